The summed E-state index contributed by atoms with van der Waals surface area (Å²) in [7, 11) is 1.48. The number of carbonyl (C=O) groups is 2. The van der Waals surface area contributed by atoms with Crippen molar-refractivity contribution >= 4 is 40.1 Å². The van der Waals surface area contributed by atoms with Crippen LogP contribution in [-0.4, -0.2) is 56.7 Å². The van der Waals surface area contributed by atoms with Crippen LogP contribution in [0.1, 0.15) is 34.8 Å². The van der Waals surface area contributed by atoms with Crippen molar-refractivity contribution in [2.24, 2.45) is 5.92 Å². The van der Waals surface area contributed by atoms with E-state index in [1.165, 1.54) is 13.2 Å². The molecular weight excluding hydrogens is 460 g/mol. The van der Waals surface area contributed by atoms with Gasteiger partial charge in [-0.15, -0.1) is 0 Å². The highest BCUT2D eigenvalue weighted by Crippen LogP contribution is 2.38. The molecular formula is C25H27ClN2O6. The van der Waals surface area contributed by atoms with Gasteiger partial charge in [0.25, 0.3) is 11.8 Å². The number of morpholine rings is 1. The minimum Gasteiger partial charge on any atom is -0.493 e. The molecule has 1 fully saturated rings. The highest BCUT2D eigenvalue weighted by atomic mass is 35.5. The first-order chi connectivity index (χ1) is 16.4. The Balaban J connectivity index is 1.66. The second-order valence-electron chi connectivity index (χ2n) is 8.36. The number of furan rings is 1. The number of anilines is 1. The van der Waals surface area contributed by atoms with Gasteiger partial charge >= 0.3 is 0 Å². The lowest BCUT2D eigenvalue weighted by molar-refractivity contribution is 0.0285. The van der Waals surface area contributed by atoms with E-state index in [1.54, 1.807) is 29.2 Å². The molecule has 1 aliphatic rings. The second-order valence-corrected chi connectivity index (χ2v) is 8.76. The average Bonchev–Trinajstić information content (AvgIpc) is 3.21. The van der Waals surface area contributed by atoms with E-state index < -0.39 is 5.91 Å². The van der Waals surface area contributed by atoms with E-state index in [9.17, 15) is 9.59 Å². The number of benzene rings is 2. The minimum atomic E-state index is -0.460. The third kappa shape index (κ3) is 4.98. The maximum absolute atomic E-state index is 13.3. The van der Waals surface area contributed by atoms with Gasteiger partial charge in [-0.2, -0.15) is 0 Å². The summed E-state index contributed by atoms with van der Waals surface area (Å²) in [5.41, 5.74) is 1.07. The molecule has 4 rings (SSSR count). The number of rotatable bonds is 7. The zero-order valence-corrected chi connectivity index (χ0v) is 20.1. The molecule has 34 heavy (non-hydrogen) atoms. The molecule has 2 heterocycles. The molecule has 0 aliphatic carbocycles. The van der Waals surface area contributed by atoms with Gasteiger partial charge in [0.1, 0.15) is 11.3 Å². The van der Waals surface area contributed by atoms with Crippen molar-refractivity contribution in [2.75, 3.05) is 45.3 Å². The summed E-state index contributed by atoms with van der Waals surface area (Å²) in [5.74, 6) is 0.333. The van der Waals surface area contributed by atoms with Crippen LogP contribution >= 0.6 is 11.6 Å². The zero-order valence-electron chi connectivity index (χ0n) is 19.4. The summed E-state index contributed by atoms with van der Waals surface area (Å²) in [6.07, 6.45) is 0. The standard InChI is InChI=1S/C25H27ClN2O6/c1-15(2)14-33-22-18(26)12-16(13-20(22)31-3)24(29)27-21-17-6-4-5-7-19(17)34-23(21)25(30)28-8-10-32-11-9-28/h4-7,12-13,15H,8-11,14H2,1-3H3,(H,27,29). The molecule has 0 bridgehead atoms. The first kappa shape index (κ1) is 23.9. The minimum absolute atomic E-state index is 0.0754. The quantitative estimate of drug-likeness (QED) is 0.513. The highest BCUT2D eigenvalue weighted by molar-refractivity contribution is 6.33. The van der Waals surface area contributed by atoms with Crippen LogP contribution in [-0.2, 0) is 4.74 Å². The SMILES string of the molecule is COc1cc(C(=O)Nc2c(C(=O)N3CCOCC3)oc3ccccc23)cc(Cl)c1OCC(C)C. The third-order valence-electron chi connectivity index (χ3n) is 5.38. The van der Waals surface area contributed by atoms with E-state index in [1.807, 2.05) is 19.9 Å². The fourth-order valence-corrected chi connectivity index (χ4v) is 3.92. The lowest BCUT2D eigenvalue weighted by atomic mass is 10.1. The molecule has 8 nitrogen and oxygen atoms in total. The van der Waals surface area contributed by atoms with Crippen molar-refractivity contribution < 1.29 is 28.2 Å². The molecule has 2 amide bonds. The number of carbonyl (C=O) groups excluding carboxylic acids is 2. The molecule has 1 aliphatic heterocycles. The Morgan fingerprint density at radius 2 is 1.91 bits per heavy atom. The molecule has 1 N–H and O–H groups in total. The molecule has 0 unspecified atom stereocenters. The van der Waals surface area contributed by atoms with Gasteiger partial charge in [-0.1, -0.05) is 37.6 Å². The van der Waals surface area contributed by atoms with Crippen LogP contribution in [0, 0.1) is 5.92 Å². The lowest BCUT2D eigenvalue weighted by Crippen LogP contribution is -2.40. The molecule has 1 aromatic heterocycles. The van der Waals surface area contributed by atoms with E-state index in [0.717, 1.165) is 0 Å². The molecule has 180 valence electrons. The van der Waals surface area contributed by atoms with Gasteiger partial charge in [-0.3, -0.25) is 9.59 Å². The Hall–Kier alpha value is -3.23. The number of methoxy groups -OCH3 is 1. The molecule has 9 heteroatoms. The number of nitrogens with one attached hydrogen (secondary N) is 1. The van der Waals surface area contributed by atoms with Gasteiger partial charge < -0.3 is 28.8 Å². The monoisotopic (exact) mass is 486 g/mol. The fourth-order valence-electron chi connectivity index (χ4n) is 3.66. The van der Waals surface area contributed by atoms with Crippen LogP contribution < -0.4 is 14.8 Å². The fraction of sp³-hybridized carbons (Fsp3) is 0.360. The Morgan fingerprint density at radius 1 is 1.18 bits per heavy atom. The maximum Gasteiger partial charge on any atom is 0.291 e. The van der Waals surface area contributed by atoms with Crippen LogP contribution in [0.15, 0.2) is 40.8 Å². The molecule has 0 saturated carbocycles. The highest BCUT2D eigenvalue weighted by Gasteiger charge is 2.28. The third-order valence-corrected chi connectivity index (χ3v) is 5.66. The Labute approximate surface area is 202 Å². The molecule has 1 saturated heterocycles. The summed E-state index contributed by atoms with van der Waals surface area (Å²) in [6, 6.07) is 10.2. The van der Waals surface area contributed by atoms with Crippen molar-refractivity contribution in [3.05, 3.63) is 52.7 Å². The molecule has 2 aromatic carbocycles. The van der Waals surface area contributed by atoms with E-state index in [0.29, 0.717) is 67.0 Å². The van der Waals surface area contributed by atoms with Crippen LogP contribution in [0.25, 0.3) is 11.0 Å². The van der Waals surface area contributed by atoms with Gasteiger partial charge in [0.2, 0.25) is 5.76 Å². The summed E-state index contributed by atoms with van der Waals surface area (Å²) in [5, 5.41) is 3.74. The average molecular weight is 487 g/mol. The van der Waals surface area contributed by atoms with Crippen molar-refractivity contribution in [1.82, 2.24) is 4.90 Å². The maximum atomic E-state index is 13.3. The summed E-state index contributed by atoms with van der Waals surface area (Å²) < 4.78 is 22.4. The number of para-hydroxylation sites is 1. The van der Waals surface area contributed by atoms with E-state index in [4.69, 9.17) is 30.2 Å². The predicted molar refractivity (Wildman–Crippen MR) is 129 cm³/mol. The number of hydrogen-bond acceptors (Lipinski definition) is 6. The Morgan fingerprint density at radius 3 is 2.62 bits per heavy atom. The summed E-state index contributed by atoms with van der Waals surface area (Å²) in [4.78, 5) is 28.1. The first-order valence-electron chi connectivity index (χ1n) is 11.1. The number of amides is 2. The largest absolute Gasteiger partial charge is 0.493 e. The summed E-state index contributed by atoms with van der Waals surface area (Å²) >= 11 is 6.42. The van der Waals surface area contributed by atoms with Gasteiger partial charge in [0.15, 0.2) is 11.5 Å². The van der Waals surface area contributed by atoms with Crippen molar-refractivity contribution in [3.63, 3.8) is 0 Å². The van der Waals surface area contributed by atoms with E-state index >= 15 is 0 Å². The second kappa shape index (κ2) is 10.4. The van der Waals surface area contributed by atoms with Crippen molar-refractivity contribution in [2.45, 2.75) is 13.8 Å². The van der Waals surface area contributed by atoms with E-state index in [2.05, 4.69) is 5.32 Å². The van der Waals surface area contributed by atoms with Gasteiger partial charge in [-0.05, 0) is 30.2 Å². The number of hydrogen-bond donors (Lipinski definition) is 1. The first-order valence-corrected chi connectivity index (χ1v) is 11.5. The number of fused-ring (bicyclic) bond motifs is 1. The predicted octanol–water partition coefficient (Wildman–Crippen LogP) is 4.85. The van der Waals surface area contributed by atoms with Crippen LogP contribution in [0.3, 0.4) is 0 Å². The van der Waals surface area contributed by atoms with Crippen molar-refractivity contribution in [1.29, 1.82) is 0 Å². The topological polar surface area (TPSA) is 90.2 Å². The number of ether oxygens (including phenoxy) is 3. The molecule has 3 aromatic rings. The van der Waals surface area contributed by atoms with Gasteiger partial charge in [-0.25, -0.2) is 0 Å². The van der Waals surface area contributed by atoms with Crippen LogP contribution in [0.4, 0.5) is 5.69 Å². The van der Waals surface area contributed by atoms with Gasteiger partial charge in [0, 0.05) is 24.0 Å². The molecule has 0 radical (unpaired) electrons. The molecule has 0 atom stereocenters. The zero-order chi connectivity index (χ0) is 24.2. The summed E-state index contributed by atoms with van der Waals surface area (Å²) in [6.45, 7) is 6.31. The lowest BCUT2D eigenvalue weighted by Gasteiger charge is -2.26. The number of nitrogens with zero attached hydrogens (tertiary/aromatic N) is 1. The van der Waals surface area contributed by atoms with Crippen LogP contribution in [0.5, 0.6) is 11.5 Å². The van der Waals surface area contributed by atoms with Crippen molar-refractivity contribution in [3.8, 4) is 11.5 Å². The van der Waals surface area contributed by atoms with E-state index in [-0.39, 0.29) is 22.3 Å². The molecule has 0 spiro atoms. The Bertz CT molecular complexity index is 1200. The Kier molecular flexibility index (Phi) is 7.29. The normalized spacial score (nSPS) is 13.9. The number of halogens is 1. The van der Waals surface area contributed by atoms with Gasteiger partial charge in [0.05, 0.1) is 32.0 Å². The smallest absolute Gasteiger partial charge is 0.291 e. The van der Waals surface area contributed by atoms with Crippen LogP contribution in [0.2, 0.25) is 5.02 Å².